The van der Waals surface area contributed by atoms with Gasteiger partial charge in [0.1, 0.15) is 5.76 Å². The van der Waals surface area contributed by atoms with Gasteiger partial charge in [-0.3, -0.25) is 4.79 Å². The van der Waals surface area contributed by atoms with Gasteiger partial charge in [-0.25, -0.2) is 0 Å². The van der Waals surface area contributed by atoms with Crippen molar-refractivity contribution < 1.29 is 14.3 Å². The van der Waals surface area contributed by atoms with Crippen molar-refractivity contribution in [2.45, 2.75) is 25.5 Å². The highest BCUT2D eigenvalue weighted by atomic mass is 16.3. The monoisotopic (exact) mass is 238 g/mol. The maximum atomic E-state index is 12.2. The van der Waals surface area contributed by atoms with Crippen LogP contribution in [0, 0.1) is 0 Å². The van der Waals surface area contributed by atoms with Crippen molar-refractivity contribution in [2.24, 2.45) is 0 Å². The van der Waals surface area contributed by atoms with Crippen LogP contribution >= 0.6 is 0 Å². The molecule has 0 saturated carbocycles. The molecule has 0 radical (unpaired) electrons. The van der Waals surface area contributed by atoms with E-state index in [2.05, 4.69) is 5.32 Å². The molecule has 1 saturated heterocycles. The molecule has 94 valence electrons. The molecule has 2 heterocycles. The Labute approximate surface area is 100 Å². The molecule has 0 aromatic carbocycles. The fraction of sp³-hybridized carbons (Fsp3) is 0.583. The van der Waals surface area contributed by atoms with E-state index in [4.69, 9.17) is 4.42 Å². The van der Waals surface area contributed by atoms with Gasteiger partial charge >= 0.3 is 0 Å². The molecule has 2 N–H and O–H groups in total. The van der Waals surface area contributed by atoms with E-state index < -0.39 is 6.10 Å². The van der Waals surface area contributed by atoms with Crippen LogP contribution in [0.4, 0.5) is 0 Å². The first-order valence-corrected chi connectivity index (χ1v) is 5.87. The number of carbonyl (C=O) groups excluding carboxylic acids is 1. The molecule has 1 aromatic rings. The van der Waals surface area contributed by atoms with Crippen molar-refractivity contribution >= 4 is 5.91 Å². The third-order valence-corrected chi connectivity index (χ3v) is 3.27. The third-order valence-electron chi connectivity index (χ3n) is 3.27. The molecule has 1 fully saturated rings. The minimum Gasteiger partial charge on any atom is -0.469 e. The Bertz CT molecular complexity index is 402. The topological polar surface area (TPSA) is 65.7 Å². The van der Waals surface area contributed by atoms with E-state index in [-0.39, 0.29) is 11.9 Å². The van der Waals surface area contributed by atoms with Crippen LogP contribution in [-0.2, 0) is 6.42 Å². The zero-order valence-electron chi connectivity index (χ0n) is 10.1. The molecule has 1 aliphatic rings. The highest BCUT2D eigenvalue weighted by molar-refractivity contribution is 5.95. The molecular weight excluding hydrogens is 220 g/mol. The van der Waals surface area contributed by atoms with E-state index in [1.54, 1.807) is 18.0 Å². The van der Waals surface area contributed by atoms with Gasteiger partial charge in [0.2, 0.25) is 0 Å². The molecule has 1 amide bonds. The van der Waals surface area contributed by atoms with Crippen molar-refractivity contribution in [1.29, 1.82) is 0 Å². The molecule has 5 heteroatoms. The molecular formula is C12H18N2O3. The van der Waals surface area contributed by atoms with Crippen LogP contribution in [0.2, 0.25) is 0 Å². The maximum Gasteiger partial charge on any atom is 0.257 e. The summed E-state index contributed by atoms with van der Waals surface area (Å²) in [7, 11) is 1.72. The Morgan fingerprint density at radius 3 is 3.00 bits per heavy atom. The lowest BCUT2D eigenvalue weighted by molar-refractivity contribution is 0.0579. The highest BCUT2D eigenvalue weighted by Crippen LogP contribution is 2.16. The van der Waals surface area contributed by atoms with E-state index in [0.717, 1.165) is 0 Å². The van der Waals surface area contributed by atoms with Gasteiger partial charge in [-0.15, -0.1) is 0 Å². The smallest absolute Gasteiger partial charge is 0.257 e. The summed E-state index contributed by atoms with van der Waals surface area (Å²) in [6.07, 6.45) is 1.72. The number of β-amino-alcohol motifs (C(OH)–C–C–N with tert-alkyl or cyclic N) is 1. The lowest BCUT2D eigenvalue weighted by Gasteiger charge is -2.26. The number of nitrogens with one attached hydrogen (secondary N) is 1. The van der Waals surface area contributed by atoms with Gasteiger partial charge in [0.25, 0.3) is 5.91 Å². The molecule has 0 aliphatic carbocycles. The standard InChI is InChI=1S/C12H18N2O3/c1-3-11-8(4-5-17-11)12(16)14(2)9-6-13-7-10(9)15/h4-5,9-10,13,15H,3,6-7H2,1-2H3/t9-,10-/m1/s1. The first-order valence-electron chi connectivity index (χ1n) is 5.87. The molecule has 0 bridgehead atoms. The summed E-state index contributed by atoms with van der Waals surface area (Å²) in [5, 5.41) is 12.8. The van der Waals surface area contributed by atoms with E-state index in [1.165, 1.54) is 6.26 Å². The summed E-state index contributed by atoms with van der Waals surface area (Å²) >= 11 is 0. The number of aliphatic hydroxyl groups is 1. The minimum atomic E-state index is -0.499. The Hall–Kier alpha value is -1.33. The van der Waals surface area contributed by atoms with Crippen LogP contribution in [0.25, 0.3) is 0 Å². The van der Waals surface area contributed by atoms with Crippen molar-refractivity contribution in [1.82, 2.24) is 10.2 Å². The summed E-state index contributed by atoms with van der Waals surface area (Å²) in [6, 6.07) is 1.52. The lowest BCUT2D eigenvalue weighted by atomic mass is 10.1. The van der Waals surface area contributed by atoms with Crippen LogP contribution in [-0.4, -0.2) is 48.2 Å². The van der Waals surface area contributed by atoms with Gasteiger partial charge in [0.05, 0.1) is 24.0 Å². The number of aryl methyl sites for hydroxylation is 1. The number of hydrogen-bond acceptors (Lipinski definition) is 4. The number of furan rings is 1. The van der Waals surface area contributed by atoms with Gasteiger partial charge in [-0.2, -0.15) is 0 Å². The van der Waals surface area contributed by atoms with E-state index >= 15 is 0 Å². The quantitative estimate of drug-likeness (QED) is 0.792. The average Bonchev–Trinajstić information content (AvgIpc) is 2.95. The predicted molar refractivity (Wildman–Crippen MR) is 62.8 cm³/mol. The van der Waals surface area contributed by atoms with E-state index in [9.17, 15) is 9.90 Å². The van der Waals surface area contributed by atoms with Crippen molar-refractivity contribution in [3.8, 4) is 0 Å². The summed E-state index contributed by atoms with van der Waals surface area (Å²) in [4.78, 5) is 13.8. The van der Waals surface area contributed by atoms with Gasteiger partial charge in [-0.1, -0.05) is 6.92 Å². The van der Waals surface area contributed by atoms with Crippen molar-refractivity contribution in [3.63, 3.8) is 0 Å². The van der Waals surface area contributed by atoms with Crippen LogP contribution in [0.15, 0.2) is 16.7 Å². The molecule has 0 unspecified atom stereocenters. The molecule has 0 spiro atoms. The highest BCUT2D eigenvalue weighted by Gasteiger charge is 2.32. The number of rotatable bonds is 3. The molecule has 17 heavy (non-hydrogen) atoms. The summed E-state index contributed by atoms with van der Waals surface area (Å²) in [6.45, 7) is 3.11. The summed E-state index contributed by atoms with van der Waals surface area (Å²) in [5.41, 5.74) is 0.592. The van der Waals surface area contributed by atoms with Crippen LogP contribution < -0.4 is 5.32 Å². The van der Waals surface area contributed by atoms with Crippen LogP contribution in [0.5, 0.6) is 0 Å². The second-order valence-electron chi connectivity index (χ2n) is 4.32. The lowest BCUT2D eigenvalue weighted by Crippen LogP contribution is -2.44. The van der Waals surface area contributed by atoms with Gasteiger partial charge in [-0.05, 0) is 6.07 Å². The number of carbonyl (C=O) groups is 1. The zero-order chi connectivity index (χ0) is 12.4. The molecule has 5 nitrogen and oxygen atoms in total. The fourth-order valence-corrected chi connectivity index (χ4v) is 2.19. The minimum absolute atomic E-state index is 0.0941. The molecule has 2 rings (SSSR count). The van der Waals surface area contributed by atoms with Crippen molar-refractivity contribution in [2.75, 3.05) is 20.1 Å². The zero-order valence-corrected chi connectivity index (χ0v) is 10.1. The normalized spacial score (nSPS) is 23.9. The van der Waals surface area contributed by atoms with E-state index in [1.807, 2.05) is 6.92 Å². The number of likely N-dealkylation sites (N-methyl/N-ethyl adjacent to an activating group) is 1. The average molecular weight is 238 g/mol. The Morgan fingerprint density at radius 1 is 1.65 bits per heavy atom. The number of amides is 1. The first kappa shape index (κ1) is 12.1. The van der Waals surface area contributed by atoms with Crippen LogP contribution in [0.1, 0.15) is 23.0 Å². The second kappa shape index (κ2) is 4.89. The Balaban J connectivity index is 2.14. The number of nitrogens with zero attached hydrogens (tertiary/aromatic N) is 1. The van der Waals surface area contributed by atoms with Crippen molar-refractivity contribution in [3.05, 3.63) is 23.7 Å². The second-order valence-corrected chi connectivity index (χ2v) is 4.32. The van der Waals surface area contributed by atoms with Gasteiger partial charge in [0.15, 0.2) is 0 Å². The summed E-state index contributed by atoms with van der Waals surface area (Å²) < 4.78 is 5.25. The predicted octanol–water partition coefficient (Wildman–Crippen LogP) is 0.247. The van der Waals surface area contributed by atoms with E-state index in [0.29, 0.717) is 30.8 Å². The number of hydrogen-bond donors (Lipinski definition) is 2. The molecule has 1 aromatic heterocycles. The van der Waals surface area contributed by atoms with Gasteiger partial charge < -0.3 is 19.7 Å². The summed E-state index contributed by atoms with van der Waals surface area (Å²) in [5.74, 6) is 0.602. The maximum absolute atomic E-state index is 12.2. The first-order chi connectivity index (χ1) is 8.15. The van der Waals surface area contributed by atoms with Gasteiger partial charge in [0, 0.05) is 26.6 Å². The largest absolute Gasteiger partial charge is 0.469 e. The Kier molecular flexibility index (Phi) is 3.49. The molecule has 1 aliphatic heterocycles. The molecule has 2 atom stereocenters. The fourth-order valence-electron chi connectivity index (χ4n) is 2.19. The third kappa shape index (κ3) is 2.21. The van der Waals surface area contributed by atoms with Crippen LogP contribution in [0.3, 0.4) is 0 Å². The Morgan fingerprint density at radius 2 is 2.41 bits per heavy atom. The number of aliphatic hydroxyl groups excluding tert-OH is 1. The SMILES string of the molecule is CCc1occc1C(=O)N(C)[C@@H]1CNC[C@H]1O.